The Labute approximate surface area is 109 Å². The van der Waals surface area contributed by atoms with Gasteiger partial charge >= 0.3 is 0 Å². The van der Waals surface area contributed by atoms with Crippen LogP contribution in [0.4, 0.5) is 0 Å². The molecule has 0 bridgehead atoms. The minimum absolute atomic E-state index is 0.00347. The molecule has 1 aliphatic heterocycles. The molecule has 2 amide bonds. The minimum Gasteiger partial charge on any atom is -0.359 e. The number of amides is 2. The third kappa shape index (κ3) is 2.51. The van der Waals surface area contributed by atoms with Crippen molar-refractivity contribution in [3.8, 4) is 0 Å². The van der Waals surface area contributed by atoms with Gasteiger partial charge in [0.2, 0.25) is 11.8 Å². The van der Waals surface area contributed by atoms with Crippen LogP contribution >= 0.6 is 0 Å². The number of nitrogens with two attached hydrogens (primary N) is 1. The van der Waals surface area contributed by atoms with Gasteiger partial charge in [0.25, 0.3) is 0 Å². The number of carbonyl (C=O) groups is 2. The van der Waals surface area contributed by atoms with E-state index in [2.05, 4.69) is 5.32 Å². The number of carbonyl (C=O) groups excluding carboxylic acids is 2. The normalized spacial score (nSPS) is 26.8. The van der Waals surface area contributed by atoms with Crippen molar-refractivity contribution in [2.75, 3.05) is 26.7 Å². The van der Waals surface area contributed by atoms with Crippen LogP contribution in [0, 0.1) is 10.8 Å². The summed E-state index contributed by atoms with van der Waals surface area (Å²) >= 11 is 0. The highest BCUT2D eigenvalue weighted by molar-refractivity contribution is 5.86. The van der Waals surface area contributed by atoms with E-state index in [1.807, 2.05) is 20.8 Å². The van der Waals surface area contributed by atoms with Crippen molar-refractivity contribution in [1.29, 1.82) is 0 Å². The van der Waals surface area contributed by atoms with Gasteiger partial charge in [-0.15, -0.1) is 0 Å². The fourth-order valence-electron chi connectivity index (χ4n) is 2.39. The Morgan fingerprint density at radius 1 is 1.50 bits per heavy atom. The average Bonchev–Trinajstić information content (AvgIpc) is 2.79. The Morgan fingerprint density at radius 3 is 2.56 bits per heavy atom. The lowest BCUT2D eigenvalue weighted by molar-refractivity contribution is -0.140. The van der Waals surface area contributed by atoms with Crippen LogP contribution in [0.1, 0.15) is 33.6 Å². The molecule has 0 spiro atoms. The number of hydrogen-bond donors (Lipinski definition) is 2. The van der Waals surface area contributed by atoms with E-state index >= 15 is 0 Å². The van der Waals surface area contributed by atoms with Gasteiger partial charge in [0, 0.05) is 26.7 Å². The Kier molecular flexibility index (Phi) is 4.37. The van der Waals surface area contributed by atoms with E-state index in [9.17, 15) is 9.59 Å². The van der Waals surface area contributed by atoms with E-state index in [1.54, 1.807) is 11.9 Å². The molecule has 1 saturated heterocycles. The molecule has 0 radical (unpaired) electrons. The fourth-order valence-corrected chi connectivity index (χ4v) is 2.39. The first-order valence-corrected chi connectivity index (χ1v) is 6.54. The van der Waals surface area contributed by atoms with E-state index in [-0.39, 0.29) is 11.8 Å². The van der Waals surface area contributed by atoms with Crippen LogP contribution in [0.2, 0.25) is 0 Å². The molecule has 1 fully saturated rings. The number of nitrogens with zero attached hydrogens (tertiary/aromatic N) is 1. The van der Waals surface area contributed by atoms with Crippen LogP contribution < -0.4 is 11.1 Å². The minimum atomic E-state index is -0.506. The van der Waals surface area contributed by atoms with Gasteiger partial charge in [-0.25, -0.2) is 0 Å². The maximum atomic E-state index is 12.4. The highest BCUT2D eigenvalue weighted by Gasteiger charge is 2.44. The maximum absolute atomic E-state index is 12.4. The highest BCUT2D eigenvalue weighted by atomic mass is 16.2. The summed E-state index contributed by atoms with van der Waals surface area (Å²) in [5.74, 6) is 0.0730. The zero-order valence-electron chi connectivity index (χ0n) is 11.9. The average molecular weight is 255 g/mol. The highest BCUT2D eigenvalue weighted by Crippen LogP contribution is 2.33. The number of rotatable bonds is 4. The van der Waals surface area contributed by atoms with Crippen LogP contribution in [-0.2, 0) is 9.59 Å². The molecular formula is C13H25N3O2. The second kappa shape index (κ2) is 5.26. The first kappa shape index (κ1) is 15.0. The molecule has 2 unspecified atom stereocenters. The van der Waals surface area contributed by atoms with Gasteiger partial charge in [-0.3, -0.25) is 9.59 Å². The summed E-state index contributed by atoms with van der Waals surface area (Å²) in [7, 11) is 1.63. The molecule has 0 aromatic carbocycles. The van der Waals surface area contributed by atoms with Gasteiger partial charge < -0.3 is 16.0 Å². The quantitative estimate of drug-likeness (QED) is 0.761. The Morgan fingerprint density at radius 2 is 2.11 bits per heavy atom. The topological polar surface area (TPSA) is 75.4 Å². The van der Waals surface area contributed by atoms with E-state index in [1.165, 1.54) is 0 Å². The van der Waals surface area contributed by atoms with Crippen molar-refractivity contribution in [1.82, 2.24) is 10.2 Å². The van der Waals surface area contributed by atoms with Gasteiger partial charge in [0.15, 0.2) is 0 Å². The number of likely N-dealkylation sites (tertiary alicyclic amines) is 1. The second-order valence-electron chi connectivity index (χ2n) is 5.73. The van der Waals surface area contributed by atoms with Gasteiger partial charge in [-0.05, 0) is 26.7 Å². The third-order valence-electron chi connectivity index (χ3n) is 4.28. The molecule has 1 rings (SSSR count). The number of nitrogens with one attached hydrogen (secondary N) is 1. The SMILES string of the molecule is CCC(C)(CN)C(=O)N1CCC(C)(C(=O)NC)C1. The first-order valence-electron chi connectivity index (χ1n) is 6.54. The summed E-state index contributed by atoms with van der Waals surface area (Å²) in [6.45, 7) is 7.24. The van der Waals surface area contributed by atoms with E-state index in [0.29, 0.717) is 26.1 Å². The van der Waals surface area contributed by atoms with Crippen LogP contribution in [0.5, 0.6) is 0 Å². The van der Waals surface area contributed by atoms with Crippen molar-refractivity contribution < 1.29 is 9.59 Å². The van der Waals surface area contributed by atoms with Crippen molar-refractivity contribution >= 4 is 11.8 Å². The summed E-state index contributed by atoms with van der Waals surface area (Å²) in [4.78, 5) is 26.0. The van der Waals surface area contributed by atoms with Crippen LogP contribution in [0.3, 0.4) is 0 Å². The molecule has 2 atom stereocenters. The van der Waals surface area contributed by atoms with Crippen molar-refractivity contribution in [3.05, 3.63) is 0 Å². The van der Waals surface area contributed by atoms with Crippen LogP contribution in [-0.4, -0.2) is 43.4 Å². The Balaban J connectivity index is 2.78. The summed E-state index contributed by atoms with van der Waals surface area (Å²) in [6.07, 6.45) is 1.43. The maximum Gasteiger partial charge on any atom is 0.229 e. The lowest BCUT2D eigenvalue weighted by Crippen LogP contribution is -2.47. The van der Waals surface area contributed by atoms with Crippen molar-refractivity contribution in [2.24, 2.45) is 16.6 Å². The van der Waals surface area contributed by atoms with Gasteiger partial charge in [0.1, 0.15) is 0 Å². The molecule has 3 N–H and O–H groups in total. The molecule has 0 aromatic rings. The molecule has 1 aliphatic rings. The van der Waals surface area contributed by atoms with Gasteiger partial charge in [-0.2, -0.15) is 0 Å². The molecule has 0 aromatic heterocycles. The smallest absolute Gasteiger partial charge is 0.229 e. The van der Waals surface area contributed by atoms with Gasteiger partial charge in [0.05, 0.1) is 10.8 Å². The van der Waals surface area contributed by atoms with Crippen molar-refractivity contribution in [2.45, 2.75) is 33.6 Å². The summed E-state index contributed by atoms with van der Waals surface area (Å²) in [5.41, 5.74) is 4.74. The van der Waals surface area contributed by atoms with E-state index in [0.717, 1.165) is 6.42 Å². The predicted molar refractivity (Wildman–Crippen MR) is 70.8 cm³/mol. The summed E-state index contributed by atoms with van der Waals surface area (Å²) in [6, 6.07) is 0. The van der Waals surface area contributed by atoms with E-state index < -0.39 is 10.8 Å². The van der Waals surface area contributed by atoms with Crippen LogP contribution in [0.25, 0.3) is 0 Å². The molecular weight excluding hydrogens is 230 g/mol. The second-order valence-corrected chi connectivity index (χ2v) is 5.73. The summed E-state index contributed by atoms with van der Waals surface area (Å²) < 4.78 is 0. The van der Waals surface area contributed by atoms with Crippen molar-refractivity contribution in [3.63, 3.8) is 0 Å². The third-order valence-corrected chi connectivity index (χ3v) is 4.28. The molecule has 0 aliphatic carbocycles. The molecule has 18 heavy (non-hydrogen) atoms. The zero-order chi connectivity index (χ0) is 14.0. The lowest BCUT2D eigenvalue weighted by atomic mass is 9.85. The van der Waals surface area contributed by atoms with Gasteiger partial charge in [-0.1, -0.05) is 6.92 Å². The fraction of sp³-hybridized carbons (Fsp3) is 0.846. The first-order chi connectivity index (χ1) is 8.33. The Hall–Kier alpha value is -1.10. The molecule has 1 heterocycles. The standard InChI is InChI=1S/C13H25N3O2/c1-5-12(2,8-14)11(18)16-7-6-13(3,9-16)10(17)15-4/h5-9,14H2,1-4H3,(H,15,17). The Bertz CT molecular complexity index is 339. The monoisotopic (exact) mass is 255 g/mol. The molecule has 104 valence electrons. The molecule has 5 nitrogen and oxygen atoms in total. The zero-order valence-corrected chi connectivity index (χ0v) is 11.9. The largest absolute Gasteiger partial charge is 0.359 e. The molecule has 5 heteroatoms. The number of hydrogen-bond acceptors (Lipinski definition) is 3. The molecule has 0 saturated carbocycles. The lowest BCUT2D eigenvalue weighted by Gasteiger charge is -2.31. The van der Waals surface area contributed by atoms with E-state index in [4.69, 9.17) is 5.73 Å². The summed E-state index contributed by atoms with van der Waals surface area (Å²) in [5, 5.41) is 2.67. The van der Waals surface area contributed by atoms with Crippen LogP contribution in [0.15, 0.2) is 0 Å². The predicted octanol–water partition coefficient (Wildman–Crippen LogP) is 0.346.